The summed E-state index contributed by atoms with van der Waals surface area (Å²) in [6.45, 7) is 0. The van der Waals surface area contributed by atoms with Crippen molar-refractivity contribution in [2.75, 3.05) is 0 Å². The Morgan fingerprint density at radius 3 is 2.22 bits per heavy atom. The van der Waals surface area contributed by atoms with Gasteiger partial charge >= 0.3 is 0 Å². The van der Waals surface area contributed by atoms with Crippen LogP contribution >= 0.6 is 0 Å². The summed E-state index contributed by atoms with van der Waals surface area (Å²) in [7, 11) is 0. The number of hydrogen-bond acceptors (Lipinski definition) is 2. The average molecular weight is 716 g/mol. The van der Waals surface area contributed by atoms with Gasteiger partial charge in [-0.15, -0.1) is 35.9 Å². The van der Waals surface area contributed by atoms with Crippen LogP contribution in [0.15, 0.2) is 83.3 Å². The Bertz CT molecular complexity index is 1820. The molecule has 2 aliphatic carbocycles. The van der Waals surface area contributed by atoms with Gasteiger partial charge in [-0.05, 0) is 72.9 Å². The van der Waals surface area contributed by atoms with Gasteiger partial charge in [0.05, 0.1) is 16.9 Å². The maximum Gasteiger partial charge on any atom is 0.136 e. The Morgan fingerprint density at radius 2 is 1.44 bits per heavy atom. The predicted octanol–water partition coefficient (Wildman–Crippen LogP) is 10.5. The van der Waals surface area contributed by atoms with Gasteiger partial charge in [-0.3, -0.25) is 4.98 Å². The fraction of sp³-hybridized carbons (Fsp3) is 0.324. The first-order chi connectivity index (χ1) is 19.9. The van der Waals surface area contributed by atoms with E-state index in [1.807, 2.05) is 12.1 Å². The van der Waals surface area contributed by atoms with Crippen LogP contribution in [0.5, 0.6) is 0 Å². The maximum absolute atomic E-state index is 6.66. The summed E-state index contributed by atoms with van der Waals surface area (Å²) < 4.78 is 9.17. The third-order valence-electron chi connectivity index (χ3n) is 9.50. The molecule has 0 amide bonds. The van der Waals surface area contributed by atoms with E-state index in [0.717, 1.165) is 28.1 Å². The second-order valence-corrected chi connectivity index (χ2v) is 11.9. The summed E-state index contributed by atoms with van der Waals surface area (Å²) in [6, 6.07) is 31.6. The molecule has 0 N–H and O–H groups in total. The molecule has 0 saturated heterocycles. The Kier molecular flexibility index (Phi) is 7.31. The molecular weight excluding hydrogens is 681 g/mol. The zero-order valence-electron chi connectivity index (χ0n) is 23.4. The Morgan fingerprint density at radius 1 is 0.732 bits per heavy atom. The SMILES string of the molecule is [Ir].[c-]1ccccc1-c1nc2ccccc2n1-c1c(C2CCCCC2)cc2oc3ccccc3c2c1C1CCCCC1. The van der Waals surface area contributed by atoms with Crippen LogP contribution in [0.3, 0.4) is 0 Å². The molecule has 0 atom stereocenters. The fourth-order valence-electron chi connectivity index (χ4n) is 7.66. The van der Waals surface area contributed by atoms with Gasteiger partial charge in [0.25, 0.3) is 0 Å². The molecule has 3 nitrogen and oxygen atoms in total. The van der Waals surface area contributed by atoms with Gasteiger partial charge in [0.2, 0.25) is 0 Å². The molecular formula is C37H35IrN2O-. The zero-order chi connectivity index (χ0) is 26.5. The van der Waals surface area contributed by atoms with Crippen molar-refractivity contribution in [3.8, 4) is 17.1 Å². The number of aromatic nitrogens is 2. The molecule has 6 aromatic rings. The van der Waals surface area contributed by atoms with Crippen molar-refractivity contribution in [1.82, 2.24) is 9.55 Å². The van der Waals surface area contributed by atoms with E-state index >= 15 is 0 Å². The third kappa shape index (κ3) is 4.57. The molecule has 4 aromatic carbocycles. The Hall–Kier alpha value is -3.20. The summed E-state index contributed by atoms with van der Waals surface area (Å²) in [5, 5.41) is 2.56. The smallest absolute Gasteiger partial charge is 0.136 e. The first-order valence-electron chi connectivity index (χ1n) is 15.3. The number of imidazole rings is 1. The van der Waals surface area contributed by atoms with E-state index in [-0.39, 0.29) is 20.1 Å². The van der Waals surface area contributed by atoms with Gasteiger partial charge in [-0.2, -0.15) is 0 Å². The van der Waals surface area contributed by atoms with E-state index in [1.165, 1.54) is 97.3 Å². The van der Waals surface area contributed by atoms with Crippen LogP contribution in [0.1, 0.15) is 87.2 Å². The first kappa shape index (κ1) is 26.7. The fourth-order valence-corrected chi connectivity index (χ4v) is 7.66. The number of nitrogens with zero attached hydrogens (tertiary/aromatic N) is 2. The number of fused-ring (bicyclic) bond motifs is 4. The number of para-hydroxylation sites is 3. The quantitative estimate of drug-likeness (QED) is 0.170. The first-order valence-corrected chi connectivity index (χ1v) is 15.3. The van der Waals surface area contributed by atoms with Crippen molar-refractivity contribution < 1.29 is 24.5 Å². The van der Waals surface area contributed by atoms with Crippen molar-refractivity contribution in [2.45, 2.75) is 76.0 Å². The van der Waals surface area contributed by atoms with Crippen molar-refractivity contribution in [1.29, 1.82) is 0 Å². The van der Waals surface area contributed by atoms with Crippen molar-refractivity contribution in [2.24, 2.45) is 0 Å². The van der Waals surface area contributed by atoms with Crippen LogP contribution in [-0.4, -0.2) is 9.55 Å². The molecule has 2 fully saturated rings. The van der Waals surface area contributed by atoms with Crippen LogP contribution in [0, 0.1) is 6.07 Å². The summed E-state index contributed by atoms with van der Waals surface area (Å²) >= 11 is 0. The molecule has 2 aliphatic rings. The molecule has 8 rings (SSSR count). The van der Waals surface area contributed by atoms with Crippen LogP contribution in [0.2, 0.25) is 0 Å². The van der Waals surface area contributed by atoms with Gasteiger partial charge in [-0.1, -0.05) is 68.9 Å². The summed E-state index contributed by atoms with van der Waals surface area (Å²) in [5.74, 6) is 2.02. The minimum atomic E-state index is 0. The molecule has 0 spiro atoms. The number of hydrogen-bond donors (Lipinski definition) is 0. The zero-order valence-corrected chi connectivity index (χ0v) is 25.8. The molecule has 209 valence electrons. The van der Waals surface area contributed by atoms with E-state index in [0.29, 0.717) is 11.8 Å². The molecule has 2 heterocycles. The van der Waals surface area contributed by atoms with Crippen LogP contribution in [-0.2, 0) is 20.1 Å². The molecule has 4 heteroatoms. The molecule has 0 bridgehead atoms. The average Bonchev–Trinajstić information content (AvgIpc) is 3.60. The topological polar surface area (TPSA) is 31.0 Å². The molecule has 1 radical (unpaired) electrons. The van der Waals surface area contributed by atoms with Crippen LogP contribution < -0.4 is 0 Å². The van der Waals surface area contributed by atoms with Gasteiger partial charge in [-0.25, -0.2) is 0 Å². The summed E-state index contributed by atoms with van der Waals surface area (Å²) in [6.07, 6.45) is 12.8. The van der Waals surface area contributed by atoms with E-state index in [9.17, 15) is 0 Å². The van der Waals surface area contributed by atoms with Gasteiger partial charge in [0, 0.05) is 36.6 Å². The van der Waals surface area contributed by atoms with Gasteiger partial charge < -0.3 is 8.98 Å². The van der Waals surface area contributed by atoms with Crippen LogP contribution in [0.4, 0.5) is 0 Å². The number of rotatable bonds is 4. The minimum absolute atomic E-state index is 0. The predicted molar refractivity (Wildman–Crippen MR) is 164 cm³/mol. The van der Waals surface area contributed by atoms with Gasteiger partial charge in [0.15, 0.2) is 0 Å². The van der Waals surface area contributed by atoms with Crippen molar-refractivity contribution in [3.05, 3.63) is 96.1 Å². The normalized spacial score (nSPS) is 16.9. The molecule has 0 unspecified atom stereocenters. The Balaban J connectivity index is 0.00000276. The maximum atomic E-state index is 6.66. The largest absolute Gasteiger partial charge is 0.456 e. The Labute approximate surface area is 255 Å². The van der Waals surface area contributed by atoms with E-state index in [4.69, 9.17) is 9.40 Å². The standard InChI is InChI=1S/C37H35N2O.Ir/c1-4-14-25(15-5-1)29-24-33-35(28-20-10-13-23-32(28)40-33)34(26-16-6-2-7-17-26)36(29)39-31-22-12-11-21-30(31)38-37(39)27-18-8-3-9-19-27;/h3,8-13,18,20-26H,1-2,4-7,14-17H2;/q-1;. The second-order valence-electron chi connectivity index (χ2n) is 11.9. The molecule has 0 aliphatic heterocycles. The van der Waals surface area contributed by atoms with Gasteiger partial charge in [0.1, 0.15) is 11.2 Å². The van der Waals surface area contributed by atoms with E-state index < -0.39 is 0 Å². The van der Waals surface area contributed by atoms with Crippen LogP contribution in [0.25, 0.3) is 50.0 Å². The van der Waals surface area contributed by atoms with E-state index in [2.05, 4.69) is 77.4 Å². The third-order valence-corrected chi connectivity index (χ3v) is 9.50. The monoisotopic (exact) mass is 716 g/mol. The minimum Gasteiger partial charge on any atom is -0.456 e. The number of benzene rings is 4. The van der Waals surface area contributed by atoms with E-state index in [1.54, 1.807) is 0 Å². The second kappa shape index (κ2) is 11.2. The van der Waals surface area contributed by atoms with Crippen molar-refractivity contribution >= 4 is 33.0 Å². The summed E-state index contributed by atoms with van der Waals surface area (Å²) in [5.41, 5.74) is 9.62. The molecule has 2 saturated carbocycles. The number of furan rings is 1. The molecule has 41 heavy (non-hydrogen) atoms. The molecule has 2 aromatic heterocycles. The van der Waals surface area contributed by atoms with Crippen molar-refractivity contribution in [3.63, 3.8) is 0 Å². The summed E-state index contributed by atoms with van der Waals surface area (Å²) in [4.78, 5) is 5.27.